The molecule has 2 aromatic rings. The standard InChI is InChI=1S/C7H7BrN4O2/c1-14-3-5-10-6(8)4-2-9-11-7(13)12(4)5/h2H,3H2,1H3,(H,11,13). The van der Waals surface area contributed by atoms with E-state index in [0.29, 0.717) is 15.9 Å². The van der Waals surface area contributed by atoms with Crippen LogP contribution in [0.1, 0.15) is 5.82 Å². The molecule has 0 unspecified atom stereocenters. The fourth-order valence-corrected chi connectivity index (χ4v) is 1.70. The number of rotatable bonds is 2. The molecule has 74 valence electrons. The first kappa shape index (κ1) is 9.35. The molecule has 14 heavy (non-hydrogen) atoms. The minimum atomic E-state index is -0.326. The van der Waals surface area contributed by atoms with E-state index < -0.39 is 0 Å². The van der Waals surface area contributed by atoms with E-state index in [-0.39, 0.29) is 12.3 Å². The fourth-order valence-electron chi connectivity index (χ4n) is 1.21. The highest BCUT2D eigenvalue weighted by atomic mass is 79.9. The monoisotopic (exact) mass is 258 g/mol. The number of ether oxygens (including phenoxy) is 1. The molecule has 0 aliphatic carbocycles. The van der Waals surface area contributed by atoms with Crippen LogP contribution in [0.15, 0.2) is 15.6 Å². The van der Waals surface area contributed by atoms with E-state index in [2.05, 4.69) is 31.1 Å². The van der Waals surface area contributed by atoms with Gasteiger partial charge in [-0.1, -0.05) is 0 Å². The van der Waals surface area contributed by atoms with Crippen molar-refractivity contribution in [3.8, 4) is 0 Å². The quantitative estimate of drug-likeness (QED) is 0.843. The van der Waals surface area contributed by atoms with Crippen LogP contribution in [0.25, 0.3) is 5.52 Å². The summed E-state index contributed by atoms with van der Waals surface area (Å²) in [7, 11) is 1.55. The Hall–Kier alpha value is -1.21. The Kier molecular flexibility index (Phi) is 2.34. The average molecular weight is 259 g/mol. The first-order chi connectivity index (χ1) is 6.74. The van der Waals surface area contributed by atoms with Crippen molar-refractivity contribution in [1.29, 1.82) is 0 Å². The number of methoxy groups -OCH3 is 1. The molecule has 0 aliphatic rings. The lowest BCUT2D eigenvalue weighted by molar-refractivity contribution is 0.177. The molecule has 0 saturated carbocycles. The summed E-state index contributed by atoms with van der Waals surface area (Å²) in [5.74, 6) is 0.540. The molecule has 0 aromatic carbocycles. The lowest BCUT2D eigenvalue weighted by atomic mass is 10.6. The number of fused-ring (bicyclic) bond motifs is 1. The number of hydrogen-bond acceptors (Lipinski definition) is 4. The van der Waals surface area contributed by atoms with Gasteiger partial charge in [0.05, 0.1) is 6.20 Å². The fraction of sp³-hybridized carbons (Fsp3) is 0.286. The van der Waals surface area contributed by atoms with Crippen molar-refractivity contribution in [2.75, 3.05) is 7.11 Å². The molecule has 0 saturated heterocycles. The van der Waals surface area contributed by atoms with Gasteiger partial charge in [-0.3, -0.25) is 0 Å². The van der Waals surface area contributed by atoms with Crippen LogP contribution in [0.3, 0.4) is 0 Å². The molecule has 0 spiro atoms. The summed E-state index contributed by atoms with van der Waals surface area (Å²) in [4.78, 5) is 15.6. The second-order valence-electron chi connectivity index (χ2n) is 2.65. The van der Waals surface area contributed by atoms with Crippen molar-refractivity contribution in [1.82, 2.24) is 19.6 Å². The number of imidazole rings is 1. The summed E-state index contributed by atoms with van der Waals surface area (Å²) in [5, 5.41) is 6.00. The van der Waals surface area contributed by atoms with Crippen molar-refractivity contribution in [3.05, 3.63) is 27.1 Å². The molecular formula is C7H7BrN4O2. The third-order valence-electron chi connectivity index (χ3n) is 1.76. The topological polar surface area (TPSA) is 72.3 Å². The molecule has 1 N–H and O–H groups in total. The van der Waals surface area contributed by atoms with Gasteiger partial charge in [-0.2, -0.15) is 5.10 Å². The molecule has 0 bridgehead atoms. The Morgan fingerprint density at radius 2 is 2.50 bits per heavy atom. The minimum Gasteiger partial charge on any atom is -0.377 e. The van der Waals surface area contributed by atoms with Gasteiger partial charge in [0.1, 0.15) is 22.6 Å². The van der Waals surface area contributed by atoms with Gasteiger partial charge in [0.15, 0.2) is 0 Å². The van der Waals surface area contributed by atoms with Gasteiger partial charge >= 0.3 is 5.69 Å². The molecule has 6 nitrogen and oxygen atoms in total. The number of aromatic nitrogens is 4. The number of nitrogens with one attached hydrogen (secondary N) is 1. The maximum atomic E-state index is 11.4. The van der Waals surface area contributed by atoms with Crippen LogP contribution in [0.4, 0.5) is 0 Å². The van der Waals surface area contributed by atoms with E-state index in [4.69, 9.17) is 4.74 Å². The van der Waals surface area contributed by atoms with E-state index in [1.807, 2.05) is 0 Å². The van der Waals surface area contributed by atoms with E-state index in [9.17, 15) is 4.79 Å². The number of aromatic amines is 1. The third-order valence-corrected chi connectivity index (χ3v) is 2.34. The second-order valence-corrected chi connectivity index (χ2v) is 3.40. The summed E-state index contributed by atoms with van der Waals surface area (Å²) in [6.45, 7) is 0.278. The van der Waals surface area contributed by atoms with Gasteiger partial charge in [-0.05, 0) is 15.9 Å². The molecule has 0 amide bonds. The van der Waals surface area contributed by atoms with Crippen LogP contribution >= 0.6 is 15.9 Å². The maximum Gasteiger partial charge on any atom is 0.348 e. The first-order valence-electron chi connectivity index (χ1n) is 3.83. The van der Waals surface area contributed by atoms with Crippen LogP contribution in [0, 0.1) is 0 Å². The zero-order valence-electron chi connectivity index (χ0n) is 7.32. The Balaban J connectivity index is 2.79. The summed E-state index contributed by atoms with van der Waals surface area (Å²) >= 11 is 3.24. The molecular weight excluding hydrogens is 252 g/mol. The lowest BCUT2D eigenvalue weighted by Gasteiger charge is -1.96. The van der Waals surface area contributed by atoms with Gasteiger partial charge in [0.25, 0.3) is 0 Å². The summed E-state index contributed by atoms with van der Waals surface area (Å²) in [6.07, 6.45) is 1.53. The average Bonchev–Trinajstić information content (AvgIpc) is 2.46. The van der Waals surface area contributed by atoms with Crippen LogP contribution in [0.5, 0.6) is 0 Å². The van der Waals surface area contributed by atoms with Gasteiger partial charge in [-0.25, -0.2) is 19.3 Å². The molecule has 0 fully saturated rings. The summed E-state index contributed by atoms with van der Waals surface area (Å²) in [5.41, 5.74) is 0.300. The van der Waals surface area contributed by atoms with E-state index in [1.165, 1.54) is 10.6 Å². The SMILES string of the molecule is COCc1nc(Br)c2cn[nH]c(=O)n12. The molecule has 0 aliphatic heterocycles. The van der Waals surface area contributed by atoms with E-state index in [0.717, 1.165) is 0 Å². The van der Waals surface area contributed by atoms with Gasteiger partial charge in [0, 0.05) is 7.11 Å². The highest BCUT2D eigenvalue weighted by Gasteiger charge is 2.10. The Labute approximate surface area is 87.0 Å². The molecule has 0 radical (unpaired) electrons. The van der Waals surface area contributed by atoms with Gasteiger partial charge in [-0.15, -0.1) is 0 Å². The molecule has 2 heterocycles. The van der Waals surface area contributed by atoms with E-state index in [1.54, 1.807) is 7.11 Å². The Morgan fingerprint density at radius 3 is 3.21 bits per heavy atom. The Morgan fingerprint density at radius 1 is 1.71 bits per heavy atom. The second kappa shape index (κ2) is 3.50. The molecule has 2 rings (SSSR count). The lowest BCUT2D eigenvalue weighted by Crippen LogP contribution is -2.19. The van der Waals surface area contributed by atoms with Crippen LogP contribution in [0.2, 0.25) is 0 Å². The number of hydrogen-bond donors (Lipinski definition) is 1. The van der Waals surface area contributed by atoms with Crippen molar-refractivity contribution in [2.45, 2.75) is 6.61 Å². The van der Waals surface area contributed by atoms with Gasteiger partial charge in [0.2, 0.25) is 0 Å². The largest absolute Gasteiger partial charge is 0.377 e. The molecule has 7 heteroatoms. The third kappa shape index (κ3) is 1.34. The normalized spacial score (nSPS) is 11.0. The predicted molar refractivity (Wildman–Crippen MR) is 52.0 cm³/mol. The van der Waals surface area contributed by atoms with Crippen molar-refractivity contribution < 1.29 is 4.74 Å². The van der Waals surface area contributed by atoms with Crippen molar-refractivity contribution in [2.24, 2.45) is 0 Å². The number of halogens is 1. The summed E-state index contributed by atoms with van der Waals surface area (Å²) in [6, 6.07) is 0. The number of H-pyrrole nitrogens is 1. The highest BCUT2D eigenvalue weighted by molar-refractivity contribution is 9.10. The highest BCUT2D eigenvalue weighted by Crippen LogP contribution is 2.15. The van der Waals surface area contributed by atoms with E-state index >= 15 is 0 Å². The maximum absolute atomic E-state index is 11.4. The minimum absolute atomic E-state index is 0.278. The van der Waals surface area contributed by atoms with Crippen molar-refractivity contribution in [3.63, 3.8) is 0 Å². The predicted octanol–water partition coefficient (Wildman–Crippen LogP) is 0.326. The number of nitrogens with zero attached hydrogens (tertiary/aromatic N) is 3. The van der Waals surface area contributed by atoms with Crippen LogP contribution in [-0.2, 0) is 11.3 Å². The van der Waals surface area contributed by atoms with Crippen LogP contribution in [-0.4, -0.2) is 26.7 Å². The molecule has 2 aromatic heterocycles. The molecule has 0 atom stereocenters. The van der Waals surface area contributed by atoms with Gasteiger partial charge < -0.3 is 4.74 Å². The first-order valence-corrected chi connectivity index (χ1v) is 4.63. The van der Waals surface area contributed by atoms with Crippen LogP contribution < -0.4 is 5.69 Å². The smallest absolute Gasteiger partial charge is 0.348 e. The zero-order chi connectivity index (χ0) is 10.1. The zero-order valence-corrected chi connectivity index (χ0v) is 8.91. The Bertz CT molecular complexity index is 518. The van der Waals surface area contributed by atoms with Crippen molar-refractivity contribution >= 4 is 21.4 Å². The summed E-state index contributed by atoms with van der Waals surface area (Å²) < 4.78 is 6.93.